The zero-order chi connectivity index (χ0) is 16.3. The topological polar surface area (TPSA) is 89.2 Å². The van der Waals surface area contributed by atoms with Crippen molar-refractivity contribution in [3.05, 3.63) is 24.3 Å². The molecule has 124 valence electrons. The average Bonchev–Trinajstić information content (AvgIpc) is 3.23. The highest BCUT2D eigenvalue weighted by molar-refractivity contribution is 5.91. The Bertz CT molecular complexity index is 571. The lowest BCUT2D eigenvalue weighted by Gasteiger charge is -2.35. The lowest BCUT2D eigenvalue weighted by atomic mass is 9.90. The molecule has 2 N–H and O–H groups in total. The number of amides is 2. The molecule has 0 aromatic carbocycles. The Morgan fingerprint density at radius 3 is 2.70 bits per heavy atom. The van der Waals surface area contributed by atoms with E-state index in [-0.39, 0.29) is 5.91 Å². The second-order valence-corrected chi connectivity index (χ2v) is 6.65. The molecule has 2 amide bonds. The van der Waals surface area contributed by atoms with Gasteiger partial charge >= 0.3 is 0 Å². The Kier molecular flexibility index (Phi) is 4.59. The molecule has 1 saturated carbocycles. The third-order valence-corrected chi connectivity index (χ3v) is 5.32. The molecule has 0 bridgehead atoms. The van der Waals surface area contributed by atoms with Crippen LogP contribution in [0.5, 0.6) is 0 Å². The molecule has 1 aromatic rings. The fourth-order valence-electron chi connectivity index (χ4n) is 4.08. The van der Waals surface area contributed by atoms with Crippen LogP contribution in [0.1, 0.15) is 57.1 Å². The molecular weight excluding hydrogens is 292 g/mol. The van der Waals surface area contributed by atoms with Crippen molar-refractivity contribution < 1.29 is 9.59 Å². The van der Waals surface area contributed by atoms with E-state index >= 15 is 0 Å². The van der Waals surface area contributed by atoms with Gasteiger partial charge in [-0.15, -0.1) is 0 Å². The smallest absolute Gasteiger partial charge is 0.249 e. The molecule has 0 unspecified atom stereocenters. The van der Waals surface area contributed by atoms with E-state index in [9.17, 15) is 9.59 Å². The van der Waals surface area contributed by atoms with Gasteiger partial charge in [-0.25, -0.2) is 0 Å². The molecule has 1 aromatic heterocycles. The number of nitrogens with zero attached hydrogens (tertiary/aromatic N) is 3. The van der Waals surface area contributed by atoms with Gasteiger partial charge in [0.05, 0.1) is 11.9 Å². The summed E-state index contributed by atoms with van der Waals surface area (Å²) in [6.07, 6.45) is 12.3. The van der Waals surface area contributed by atoms with E-state index in [0.29, 0.717) is 31.0 Å². The lowest BCUT2D eigenvalue weighted by molar-refractivity contribution is -0.144. The van der Waals surface area contributed by atoms with E-state index in [0.717, 1.165) is 12.8 Å². The average molecular weight is 316 g/mol. The minimum absolute atomic E-state index is 0.0128. The maximum atomic E-state index is 12.8. The van der Waals surface area contributed by atoms with Gasteiger partial charge in [-0.05, 0) is 25.2 Å². The number of likely N-dealkylation sites (tertiary alicyclic amines) is 1. The summed E-state index contributed by atoms with van der Waals surface area (Å²) < 4.78 is 0. The van der Waals surface area contributed by atoms with Crippen LogP contribution >= 0.6 is 0 Å². The SMILES string of the molecule is NC(=O)[C@@]1(c2cnccn2)CCCN1C(=O)CCC1CCCC1. The summed E-state index contributed by atoms with van der Waals surface area (Å²) in [5.74, 6) is 0.157. The van der Waals surface area contributed by atoms with Gasteiger partial charge < -0.3 is 10.6 Å². The zero-order valence-corrected chi connectivity index (χ0v) is 13.4. The summed E-state index contributed by atoms with van der Waals surface area (Å²) in [6.45, 7) is 0.559. The van der Waals surface area contributed by atoms with Crippen molar-refractivity contribution in [2.45, 2.75) is 56.9 Å². The van der Waals surface area contributed by atoms with Gasteiger partial charge in [0.15, 0.2) is 5.54 Å². The van der Waals surface area contributed by atoms with Gasteiger partial charge in [-0.1, -0.05) is 25.7 Å². The van der Waals surface area contributed by atoms with Gasteiger partial charge in [0, 0.05) is 25.4 Å². The van der Waals surface area contributed by atoms with Crippen LogP contribution < -0.4 is 5.73 Å². The van der Waals surface area contributed by atoms with Crippen molar-refractivity contribution >= 4 is 11.8 Å². The summed E-state index contributed by atoms with van der Waals surface area (Å²) in [6, 6.07) is 0. The second kappa shape index (κ2) is 6.64. The largest absolute Gasteiger partial charge is 0.367 e. The fourth-order valence-corrected chi connectivity index (χ4v) is 4.08. The molecule has 6 nitrogen and oxygen atoms in total. The molecule has 0 radical (unpaired) electrons. The highest BCUT2D eigenvalue weighted by Crippen LogP contribution is 2.38. The monoisotopic (exact) mass is 316 g/mol. The van der Waals surface area contributed by atoms with Crippen LogP contribution in [0, 0.1) is 5.92 Å². The molecule has 2 heterocycles. The summed E-state index contributed by atoms with van der Waals surface area (Å²) in [5, 5.41) is 0. The first-order valence-corrected chi connectivity index (χ1v) is 8.51. The van der Waals surface area contributed by atoms with Crippen LogP contribution in [0.25, 0.3) is 0 Å². The molecular formula is C17H24N4O2. The molecule has 0 spiro atoms. The molecule has 6 heteroatoms. The number of carbonyl (C=O) groups excluding carboxylic acids is 2. The normalized spacial score (nSPS) is 25.0. The number of hydrogen-bond acceptors (Lipinski definition) is 4. The minimum atomic E-state index is -1.12. The number of carbonyl (C=O) groups is 2. The van der Waals surface area contributed by atoms with Gasteiger partial charge in [0.1, 0.15) is 0 Å². The minimum Gasteiger partial charge on any atom is -0.367 e. The predicted octanol–water partition coefficient (Wildman–Crippen LogP) is 1.75. The van der Waals surface area contributed by atoms with E-state index in [4.69, 9.17) is 5.73 Å². The Morgan fingerprint density at radius 2 is 2.04 bits per heavy atom. The molecule has 1 saturated heterocycles. The van der Waals surface area contributed by atoms with Gasteiger partial charge in [0.25, 0.3) is 0 Å². The first kappa shape index (κ1) is 15.9. The Morgan fingerprint density at radius 1 is 1.26 bits per heavy atom. The molecule has 1 aliphatic carbocycles. The first-order chi connectivity index (χ1) is 11.1. The van der Waals surface area contributed by atoms with Crippen LogP contribution in [0.2, 0.25) is 0 Å². The number of hydrogen-bond donors (Lipinski definition) is 1. The first-order valence-electron chi connectivity index (χ1n) is 8.51. The molecule has 23 heavy (non-hydrogen) atoms. The van der Waals surface area contributed by atoms with Crippen LogP contribution in [0.15, 0.2) is 18.6 Å². The highest BCUT2D eigenvalue weighted by Gasteiger charge is 2.51. The molecule has 1 atom stereocenters. The lowest BCUT2D eigenvalue weighted by Crippen LogP contribution is -2.54. The van der Waals surface area contributed by atoms with Crippen LogP contribution in [-0.2, 0) is 15.1 Å². The summed E-state index contributed by atoms with van der Waals surface area (Å²) in [5.41, 5.74) is 5.07. The standard InChI is InChI=1S/C17H24N4O2/c18-16(23)17(14-12-19-9-10-20-14)8-3-11-21(17)15(22)7-6-13-4-1-2-5-13/h9-10,12-13H,1-8,11H2,(H2,18,23)/t17-/m0/s1. The van der Waals surface area contributed by atoms with Crippen LogP contribution in [-0.4, -0.2) is 33.2 Å². The summed E-state index contributed by atoms with van der Waals surface area (Å²) >= 11 is 0. The Labute approximate surface area is 136 Å². The van der Waals surface area contributed by atoms with Crippen molar-refractivity contribution in [3.63, 3.8) is 0 Å². The van der Waals surface area contributed by atoms with Crippen molar-refractivity contribution in [1.82, 2.24) is 14.9 Å². The van der Waals surface area contributed by atoms with Gasteiger partial charge in [0.2, 0.25) is 11.8 Å². The maximum Gasteiger partial charge on any atom is 0.249 e. The predicted molar refractivity (Wildman–Crippen MR) is 85.0 cm³/mol. The summed E-state index contributed by atoms with van der Waals surface area (Å²) in [7, 11) is 0. The molecule has 3 rings (SSSR count). The van der Waals surface area contributed by atoms with Gasteiger partial charge in [-0.3, -0.25) is 19.6 Å². The summed E-state index contributed by atoms with van der Waals surface area (Å²) in [4.78, 5) is 35.0. The quantitative estimate of drug-likeness (QED) is 0.896. The van der Waals surface area contributed by atoms with E-state index in [1.807, 2.05) is 0 Å². The van der Waals surface area contributed by atoms with E-state index in [2.05, 4.69) is 9.97 Å². The van der Waals surface area contributed by atoms with Crippen LogP contribution in [0.3, 0.4) is 0 Å². The van der Waals surface area contributed by atoms with Gasteiger partial charge in [-0.2, -0.15) is 0 Å². The van der Waals surface area contributed by atoms with E-state index < -0.39 is 11.4 Å². The third-order valence-electron chi connectivity index (χ3n) is 5.32. The molecule has 1 aliphatic heterocycles. The second-order valence-electron chi connectivity index (χ2n) is 6.65. The molecule has 2 aliphatic rings. The Balaban J connectivity index is 1.78. The fraction of sp³-hybridized carbons (Fsp3) is 0.647. The number of nitrogens with two attached hydrogens (primary N) is 1. The number of rotatable bonds is 5. The molecule has 2 fully saturated rings. The van der Waals surface area contributed by atoms with E-state index in [1.54, 1.807) is 23.5 Å². The van der Waals surface area contributed by atoms with Crippen molar-refractivity contribution in [3.8, 4) is 0 Å². The zero-order valence-electron chi connectivity index (χ0n) is 13.4. The Hall–Kier alpha value is -1.98. The van der Waals surface area contributed by atoms with E-state index in [1.165, 1.54) is 25.7 Å². The highest BCUT2D eigenvalue weighted by atomic mass is 16.2. The maximum absolute atomic E-state index is 12.8. The van der Waals surface area contributed by atoms with Crippen molar-refractivity contribution in [2.24, 2.45) is 11.7 Å². The van der Waals surface area contributed by atoms with Crippen molar-refractivity contribution in [1.29, 1.82) is 0 Å². The number of primary amides is 1. The van der Waals surface area contributed by atoms with Crippen molar-refractivity contribution in [2.75, 3.05) is 6.54 Å². The van der Waals surface area contributed by atoms with Crippen LogP contribution in [0.4, 0.5) is 0 Å². The third kappa shape index (κ3) is 2.94. The number of aromatic nitrogens is 2.